The van der Waals surface area contributed by atoms with Crippen molar-refractivity contribution in [1.29, 1.82) is 0 Å². The van der Waals surface area contributed by atoms with Crippen LogP contribution in [0.15, 0.2) is 54.7 Å². The van der Waals surface area contributed by atoms with Crippen LogP contribution in [0.2, 0.25) is 0 Å². The van der Waals surface area contributed by atoms with Gasteiger partial charge in [-0.1, -0.05) is 36.4 Å². The number of pyridine rings is 1. The van der Waals surface area contributed by atoms with Gasteiger partial charge >= 0.3 is 0 Å². The number of hydrogen-bond acceptors (Lipinski definition) is 5. The predicted molar refractivity (Wildman–Crippen MR) is 127 cm³/mol. The summed E-state index contributed by atoms with van der Waals surface area (Å²) in [6.07, 6.45) is 8.54. The zero-order valence-corrected chi connectivity index (χ0v) is 19.7. The predicted octanol–water partition coefficient (Wildman–Crippen LogP) is 3.56. The Morgan fingerprint density at radius 3 is 2.47 bits per heavy atom. The van der Waals surface area contributed by atoms with Crippen molar-refractivity contribution in [1.82, 2.24) is 14.6 Å². The van der Waals surface area contributed by atoms with Crippen LogP contribution >= 0.6 is 0 Å². The summed E-state index contributed by atoms with van der Waals surface area (Å²) in [6.45, 7) is 3.03. The van der Waals surface area contributed by atoms with E-state index < -0.39 is 10.0 Å². The first-order valence-corrected chi connectivity index (χ1v) is 13.6. The molecular formula is C25H35N3O3S. The Morgan fingerprint density at radius 2 is 1.78 bits per heavy atom. The van der Waals surface area contributed by atoms with Crippen molar-refractivity contribution in [3.8, 4) is 0 Å². The molecule has 1 aromatic carbocycles. The average Bonchev–Trinajstić information content (AvgIpc) is 2.80. The van der Waals surface area contributed by atoms with Gasteiger partial charge in [0, 0.05) is 37.8 Å². The van der Waals surface area contributed by atoms with Crippen LogP contribution in [0.1, 0.15) is 49.3 Å². The number of likely N-dealkylation sites (tertiary alicyclic amines) is 1. The van der Waals surface area contributed by atoms with E-state index >= 15 is 0 Å². The lowest BCUT2D eigenvalue weighted by atomic mass is 9.82. The number of aromatic nitrogens is 1. The third-order valence-corrected chi connectivity index (χ3v) is 7.52. The fourth-order valence-corrected chi connectivity index (χ4v) is 5.98. The lowest BCUT2D eigenvalue weighted by molar-refractivity contribution is -0.0180. The van der Waals surface area contributed by atoms with E-state index in [1.54, 1.807) is 0 Å². The van der Waals surface area contributed by atoms with Gasteiger partial charge in [-0.15, -0.1) is 0 Å². The quantitative estimate of drug-likeness (QED) is 0.656. The SMILES string of the molecule is CS(=O)(=O)NC1CCN(Cc2ccccn2)C[C@H]1COC1CCC(c2ccccc2)CC1. The van der Waals surface area contributed by atoms with Crippen LogP contribution in [-0.2, 0) is 21.3 Å². The number of ether oxygens (including phenoxy) is 1. The van der Waals surface area contributed by atoms with E-state index in [0.717, 1.165) is 57.4 Å². The topological polar surface area (TPSA) is 71.5 Å². The van der Waals surface area contributed by atoms with Gasteiger partial charge in [-0.2, -0.15) is 0 Å². The zero-order chi connectivity index (χ0) is 22.4. The summed E-state index contributed by atoms with van der Waals surface area (Å²) >= 11 is 0. The van der Waals surface area contributed by atoms with Gasteiger partial charge in [-0.05, 0) is 55.7 Å². The third kappa shape index (κ3) is 6.85. The number of nitrogens with one attached hydrogen (secondary N) is 1. The Morgan fingerprint density at radius 1 is 1.03 bits per heavy atom. The first-order chi connectivity index (χ1) is 15.5. The monoisotopic (exact) mass is 457 g/mol. The Balaban J connectivity index is 1.32. The minimum Gasteiger partial charge on any atom is -0.378 e. The maximum atomic E-state index is 11.9. The van der Waals surface area contributed by atoms with E-state index in [1.165, 1.54) is 11.8 Å². The zero-order valence-electron chi connectivity index (χ0n) is 18.9. The molecule has 0 radical (unpaired) electrons. The summed E-state index contributed by atoms with van der Waals surface area (Å²) in [5.41, 5.74) is 2.47. The first-order valence-electron chi connectivity index (χ1n) is 11.7. The van der Waals surface area contributed by atoms with Gasteiger partial charge in [0.2, 0.25) is 10.0 Å². The van der Waals surface area contributed by atoms with Crippen molar-refractivity contribution in [2.24, 2.45) is 5.92 Å². The molecule has 2 heterocycles. The van der Waals surface area contributed by atoms with E-state index in [0.29, 0.717) is 12.5 Å². The minimum atomic E-state index is -3.25. The standard InChI is InChI=1S/C25H35N3O3S/c1-32(29,30)27-25-14-16-28(18-23-9-5-6-15-26-23)17-22(25)19-31-24-12-10-21(11-13-24)20-7-3-2-4-8-20/h2-9,15,21-22,24-25,27H,10-14,16-19H2,1H3/t21?,22-,24?,25?/m0/s1. The minimum absolute atomic E-state index is 0.0781. The molecule has 4 rings (SSSR count). The highest BCUT2D eigenvalue weighted by Gasteiger charge is 2.32. The molecule has 0 bridgehead atoms. The van der Waals surface area contributed by atoms with E-state index in [9.17, 15) is 8.42 Å². The molecule has 1 aromatic heterocycles. The lowest BCUT2D eigenvalue weighted by Gasteiger charge is -2.39. The summed E-state index contributed by atoms with van der Waals surface area (Å²) in [7, 11) is -3.25. The average molecular weight is 458 g/mol. The van der Waals surface area contributed by atoms with Crippen LogP contribution < -0.4 is 4.72 Å². The van der Waals surface area contributed by atoms with Gasteiger partial charge in [-0.3, -0.25) is 9.88 Å². The molecule has 2 fully saturated rings. The van der Waals surface area contributed by atoms with Crippen molar-refractivity contribution in [2.45, 2.75) is 56.7 Å². The second-order valence-electron chi connectivity index (χ2n) is 9.32. The van der Waals surface area contributed by atoms with Crippen molar-refractivity contribution in [3.63, 3.8) is 0 Å². The molecule has 7 heteroatoms. The van der Waals surface area contributed by atoms with Crippen molar-refractivity contribution in [2.75, 3.05) is 26.0 Å². The fourth-order valence-electron chi connectivity index (χ4n) is 5.12. The Labute approximate surface area is 192 Å². The van der Waals surface area contributed by atoms with Crippen molar-refractivity contribution in [3.05, 3.63) is 66.0 Å². The van der Waals surface area contributed by atoms with Gasteiger partial charge in [0.15, 0.2) is 0 Å². The first kappa shape index (κ1) is 23.4. The van der Waals surface area contributed by atoms with Gasteiger partial charge in [0.25, 0.3) is 0 Å². The van der Waals surface area contributed by atoms with Crippen LogP contribution in [0.25, 0.3) is 0 Å². The summed E-state index contributed by atoms with van der Waals surface area (Å²) in [4.78, 5) is 6.81. The number of benzene rings is 1. The molecule has 0 spiro atoms. The summed E-state index contributed by atoms with van der Waals surface area (Å²) in [5, 5.41) is 0. The van der Waals surface area contributed by atoms with Gasteiger partial charge in [0.1, 0.15) is 0 Å². The molecule has 1 unspecified atom stereocenters. The second kappa shape index (κ2) is 10.9. The highest BCUT2D eigenvalue weighted by atomic mass is 32.2. The van der Waals surface area contributed by atoms with Crippen LogP contribution in [0, 0.1) is 5.92 Å². The maximum Gasteiger partial charge on any atom is 0.208 e. The van der Waals surface area contributed by atoms with Gasteiger partial charge in [-0.25, -0.2) is 13.1 Å². The Bertz CT molecular complexity index is 931. The molecule has 1 N–H and O–H groups in total. The van der Waals surface area contributed by atoms with E-state index in [1.807, 2.05) is 24.4 Å². The van der Waals surface area contributed by atoms with Gasteiger partial charge < -0.3 is 4.74 Å². The highest BCUT2D eigenvalue weighted by molar-refractivity contribution is 7.88. The number of piperidine rings is 1. The molecule has 174 valence electrons. The number of sulfonamides is 1. The van der Waals surface area contributed by atoms with Crippen LogP contribution in [0.4, 0.5) is 0 Å². The number of rotatable bonds is 8. The lowest BCUT2D eigenvalue weighted by Crippen LogP contribution is -2.52. The summed E-state index contributed by atoms with van der Waals surface area (Å²) in [5.74, 6) is 0.758. The molecule has 2 aliphatic rings. The maximum absolute atomic E-state index is 11.9. The number of nitrogens with zero attached hydrogens (tertiary/aromatic N) is 2. The van der Waals surface area contributed by atoms with E-state index in [4.69, 9.17) is 4.74 Å². The Hall–Kier alpha value is -1.80. The molecule has 1 aliphatic heterocycles. The highest BCUT2D eigenvalue weighted by Crippen LogP contribution is 2.34. The molecule has 6 nitrogen and oxygen atoms in total. The summed E-state index contributed by atoms with van der Waals surface area (Å²) in [6, 6.07) is 16.7. The molecular weight excluding hydrogens is 422 g/mol. The van der Waals surface area contributed by atoms with Crippen molar-refractivity contribution >= 4 is 10.0 Å². The van der Waals surface area contributed by atoms with E-state index in [2.05, 4.69) is 44.9 Å². The largest absolute Gasteiger partial charge is 0.378 e. The molecule has 0 amide bonds. The van der Waals surface area contributed by atoms with Crippen LogP contribution in [0.5, 0.6) is 0 Å². The normalized spacial score (nSPS) is 27.3. The molecule has 1 saturated carbocycles. The third-order valence-electron chi connectivity index (χ3n) is 6.79. The van der Waals surface area contributed by atoms with Gasteiger partial charge in [0.05, 0.1) is 24.7 Å². The number of hydrogen-bond donors (Lipinski definition) is 1. The van der Waals surface area contributed by atoms with Crippen LogP contribution in [0.3, 0.4) is 0 Å². The smallest absolute Gasteiger partial charge is 0.208 e. The van der Waals surface area contributed by atoms with Crippen molar-refractivity contribution < 1.29 is 13.2 Å². The summed E-state index contributed by atoms with van der Waals surface area (Å²) < 4.78 is 33.1. The second-order valence-corrected chi connectivity index (χ2v) is 11.1. The molecule has 2 atom stereocenters. The molecule has 2 aromatic rings. The van der Waals surface area contributed by atoms with E-state index in [-0.39, 0.29) is 18.1 Å². The molecule has 1 saturated heterocycles. The Kier molecular flexibility index (Phi) is 7.94. The molecule has 1 aliphatic carbocycles. The fraction of sp³-hybridized carbons (Fsp3) is 0.560. The van der Waals surface area contributed by atoms with Crippen LogP contribution in [-0.4, -0.2) is 56.4 Å². The molecule has 32 heavy (non-hydrogen) atoms.